The van der Waals surface area contributed by atoms with Gasteiger partial charge in [-0.3, -0.25) is 4.79 Å². The predicted molar refractivity (Wildman–Crippen MR) is 124 cm³/mol. The first-order valence-electron chi connectivity index (χ1n) is 9.77. The van der Waals surface area contributed by atoms with E-state index in [4.69, 9.17) is 0 Å². The maximum absolute atomic E-state index is 12.4. The summed E-state index contributed by atoms with van der Waals surface area (Å²) >= 11 is 1.50. The molecule has 0 fully saturated rings. The molecule has 0 radical (unpaired) electrons. The maximum Gasteiger partial charge on any atom is 0.261 e. The van der Waals surface area contributed by atoms with Crippen molar-refractivity contribution in [2.45, 2.75) is 13.8 Å². The van der Waals surface area contributed by atoms with Crippen LogP contribution >= 0.6 is 11.3 Å². The van der Waals surface area contributed by atoms with Crippen molar-refractivity contribution in [3.05, 3.63) is 76.8 Å². The number of benzene rings is 2. The van der Waals surface area contributed by atoms with Gasteiger partial charge in [0.1, 0.15) is 5.82 Å². The Morgan fingerprint density at radius 2 is 1.77 bits per heavy atom. The van der Waals surface area contributed by atoms with Gasteiger partial charge in [0.2, 0.25) is 5.95 Å². The van der Waals surface area contributed by atoms with Crippen molar-refractivity contribution in [1.82, 2.24) is 15.3 Å². The number of carbonyl (C=O) groups excluding carboxylic acids is 1. The van der Waals surface area contributed by atoms with E-state index in [0.717, 1.165) is 27.3 Å². The zero-order valence-corrected chi connectivity index (χ0v) is 17.7. The first kappa shape index (κ1) is 19.8. The third kappa shape index (κ3) is 4.93. The van der Waals surface area contributed by atoms with Crippen molar-refractivity contribution in [2.24, 2.45) is 0 Å². The molecule has 7 heteroatoms. The van der Waals surface area contributed by atoms with Gasteiger partial charge < -0.3 is 16.0 Å². The summed E-state index contributed by atoms with van der Waals surface area (Å²) in [4.78, 5) is 22.0. The van der Waals surface area contributed by atoms with Crippen LogP contribution in [0.15, 0.2) is 60.7 Å². The van der Waals surface area contributed by atoms with Gasteiger partial charge in [-0.2, -0.15) is 4.98 Å². The Balaban J connectivity index is 1.31. The summed E-state index contributed by atoms with van der Waals surface area (Å²) in [5, 5.41) is 10.5. The van der Waals surface area contributed by atoms with Crippen molar-refractivity contribution < 1.29 is 4.79 Å². The number of hydrogen-bond acceptors (Lipinski definition) is 6. The van der Waals surface area contributed by atoms with E-state index >= 15 is 0 Å². The first-order chi connectivity index (χ1) is 14.6. The number of nitrogens with zero attached hydrogens (tertiary/aromatic N) is 2. The van der Waals surface area contributed by atoms with E-state index in [1.54, 1.807) is 0 Å². The van der Waals surface area contributed by atoms with Gasteiger partial charge in [0.05, 0.1) is 4.88 Å². The lowest BCUT2D eigenvalue weighted by Crippen LogP contribution is -2.28. The van der Waals surface area contributed by atoms with Crippen molar-refractivity contribution >= 4 is 44.8 Å². The minimum Gasteiger partial charge on any atom is -0.352 e. The van der Waals surface area contributed by atoms with E-state index in [9.17, 15) is 4.79 Å². The summed E-state index contributed by atoms with van der Waals surface area (Å²) in [7, 11) is 0. The van der Waals surface area contributed by atoms with Crippen molar-refractivity contribution in [1.29, 1.82) is 0 Å². The van der Waals surface area contributed by atoms with Crippen LogP contribution in [0, 0.1) is 13.8 Å². The monoisotopic (exact) mass is 417 g/mol. The molecule has 0 saturated heterocycles. The highest BCUT2D eigenvalue weighted by molar-refractivity contribution is 7.20. The van der Waals surface area contributed by atoms with Crippen LogP contribution in [0.25, 0.3) is 10.1 Å². The average molecular weight is 418 g/mol. The molecule has 0 aliphatic carbocycles. The molecule has 2 aromatic carbocycles. The molecule has 0 bridgehead atoms. The number of thiophene rings is 1. The van der Waals surface area contributed by atoms with Gasteiger partial charge in [-0.15, -0.1) is 11.3 Å². The van der Waals surface area contributed by atoms with Gasteiger partial charge in [0.15, 0.2) is 0 Å². The second kappa shape index (κ2) is 8.92. The predicted octanol–water partition coefficient (Wildman–Crippen LogP) is 4.89. The molecule has 0 unspecified atom stereocenters. The van der Waals surface area contributed by atoms with Crippen LogP contribution < -0.4 is 16.0 Å². The molecule has 4 rings (SSSR count). The Kier molecular flexibility index (Phi) is 5.90. The molecule has 1 amide bonds. The minimum atomic E-state index is -0.0649. The standard InChI is InChI=1S/C23H23N5OS/c1-15-7-9-18(10-8-15)27-21-13-16(2)26-23(28-21)25-12-11-24-22(29)20-14-17-5-3-4-6-19(17)30-20/h3-10,13-14H,11-12H2,1-2H3,(H,24,29)(H2,25,26,27,28). The molecule has 0 aliphatic heterocycles. The molecule has 152 valence electrons. The number of anilines is 3. The lowest BCUT2D eigenvalue weighted by atomic mass is 10.2. The van der Waals surface area contributed by atoms with Gasteiger partial charge in [-0.05, 0) is 43.5 Å². The number of rotatable bonds is 7. The summed E-state index contributed by atoms with van der Waals surface area (Å²) in [6, 6.07) is 20.0. The molecule has 6 nitrogen and oxygen atoms in total. The topological polar surface area (TPSA) is 78.9 Å². The van der Waals surface area contributed by atoms with Gasteiger partial charge >= 0.3 is 0 Å². The summed E-state index contributed by atoms with van der Waals surface area (Å²) in [5.41, 5.74) is 3.04. The van der Waals surface area contributed by atoms with Crippen LogP contribution in [0.3, 0.4) is 0 Å². The smallest absolute Gasteiger partial charge is 0.261 e. The number of hydrogen-bond donors (Lipinski definition) is 3. The zero-order valence-electron chi connectivity index (χ0n) is 16.9. The fourth-order valence-electron chi connectivity index (χ4n) is 3.03. The van der Waals surface area contributed by atoms with Crippen LogP contribution in [0.5, 0.6) is 0 Å². The number of amides is 1. The molecule has 30 heavy (non-hydrogen) atoms. The van der Waals surface area contributed by atoms with E-state index in [-0.39, 0.29) is 5.91 Å². The van der Waals surface area contributed by atoms with Gasteiger partial charge in [-0.1, -0.05) is 35.9 Å². The number of aromatic nitrogens is 2. The molecular formula is C23H23N5OS. The zero-order chi connectivity index (χ0) is 20.9. The molecule has 0 atom stereocenters. The number of carbonyl (C=O) groups is 1. The Morgan fingerprint density at radius 1 is 0.967 bits per heavy atom. The van der Waals surface area contributed by atoms with Crippen LogP contribution in [0.4, 0.5) is 17.5 Å². The molecule has 3 N–H and O–H groups in total. The van der Waals surface area contributed by atoms with Gasteiger partial charge in [0.25, 0.3) is 5.91 Å². The molecular weight excluding hydrogens is 394 g/mol. The van der Waals surface area contributed by atoms with Crippen molar-refractivity contribution in [2.75, 3.05) is 23.7 Å². The number of fused-ring (bicyclic) bond motifs is 1. The lowest BCUT2D eigenvalue weighted by molar-refractivity contribution is 0.0959. The largest absolute Gasteiger partial charge is 0.352 e. The highest BCUT2D eigenvalue weighted by Gasteiger charge is 2.09. The summed E-state index contributed by atoms with van der Waals surface area (Å²) in [5.74, 6) is 1.19. The summed E-state index contributed by atoms with van der Waals surface area (Å²) in [6.07, 6.45) is 0. The Hall–Kier alpha value is -3.45. The van der Waals surface area contributed by atoms with Crippen molar-refractivity contribution in [3.8, 4) is 0 Å². The Labute approximate surface area is 179 Å². The van der Waals surface area contributed by atoms with E-state index in [1.807, 2.05) is 55.5 Å². The van der Waals surface area contributed by atoms with Crippen LogP contribution in [0.1, 0.15) is 20.9 Å². The molecule has 2 aromatic heterocycles. The molecule has 0 saturated carbocycles. The molecule has 2 heterocycles. The van der Waals surface area contributed by atoms with Crippen LogP contribution in [-0.2, 0) is 0 Å². The number of nitrogens with one attached hydrogen (secondary N) is 3. The van der Waals surface area contributed by atoms with E-state index in [0.29, 0.717) is 23.9 Å². The van der Waals surface area contributed by atoms with Crippen molar-refractivity contribution in [3.63, 3.8) is 0 Å². The second-order valence-corrected chi connectivity index (χ2v) is 8.12. The third-order valence-electron chi connectivity index (χ3n) is 4.52. The number of aryl methyl sites for hydroxylation is 2. The maximum atomic E-state index is 12.4. The Bertz CT molecular complexity index is 1140. The highest BCUT2D eigenvalue weighted by atomic mass is 32.1. The SMILES string of the molecule is Cc1ccc(Nc2cc(C)nc(NCCNC(=O)c3cc4ccccc4s3)n2)cc1. The quantitative estimate of drug-likeness (QED) is 0.373. The average Bonchev–Trinajstić information content (AvgIpc) is 3.17. The second-order valence-electron chi connectivity index (χ2n) is 7.04. The normalized spacial score (nSPS) is 10.7. The fourth-order valence-corrected chi connectivity index (χ4v) is 4.01. The van der Waals surface area contributed by atoms with Gasteiger partial charge in [0, 0.05) is 35.2 Å². The third-order valence-corrected chi connectivity index (χ3v) is 5.64. The van der Waals surface area contributed by atoms with Crippen LogP contribution in [-0.4, -0.2) is 29.0 Å². The van der Waals surface area contributed by atoms with Gasteiger partial charge in [-0.25, -0.2) is 4.98 Å². The lowest BCUT2D eigenvalue weighted by Gasteiger charge is -2.10. The Morgan fingerprint density at radius 3 is 2.57 bits per heavy atom. The molecule has 0 aliphatic rings. The summed E-state index contributed by atoms with van der Waals surface area (Å²) < 4.78 is 1.11. The molecule has 0 spiro atoms. The summed E-state index contributed by atoms with van der Waals surface area (Å²) in [6.45, 7) is 4.99. The van der Waals surface area contributed by atoms with E-state index in [2.05, 4.69) is 45.0 Å². The van der Waals surface area contributed by atoms with Crippen LogP contribution in [0.2, 0.25) is 0 Å². The molecule has 4 aromatic rings. The minimum absolute atomic E-state index is 0.0649. The van der Waals surface area contributed by atoms with E-state index < -0.39 is 0 Å². The highest BCUT2D eigenvalue weighted by Crippen LogP contribution is 2.25. The fraction of sp³-hybridized carbons (Fsp3) is 0.174. The first-order valence-corrected chi connectivity index (χ1v) is 10.6. The van der Waals surface area contributed by atoms with E-state index in [1.165, 1.54) is 16.9 Å².